The van der Waals surface area contributed by atoms with Crippen LogP contribution >= 0.6 is 11.6 Å². The number of halogens is 1. The number of hydrogen-bond acceptors (Lipinski definition) is 0. The zero-order valence-electron chi connectivity index (χ0n) is 23.5. The molecule has 0 heterocycles. The van der Waals surface area contributed by atoms with Crippen LogP contribution in [0.4, 0.5) is 0 Å². The maximum Gasteiger partial charge on any atom is 0.0223 e. The highest BCUT2D eigenvalue weighted by molar-refractivity contribution is 6.17. The summed E-state index contributed by atoms with van der Waals surface area (Å²) in [6.07, 6.45) is 40.6. The van der Waals surface area contributed by atoms with E-state index in [0.29, 0.717) is 0 Å². The molecular weight excluding hydrogens is 420 g/mol. The lowest BCUT2D eigenvalue weighted by molar-refractivity contribution is 0.429. The zero-order chi connectivity index (χ0) is 24.1. The van der Waals surface area contributed by atoms with Gasteiger partial charge in [-0.25, -0.2) is 0 Å². The SMILES string of the molecule is CCCCCCCCCCCCCCCCC(C)CCCCCCCCCCCCCCCl. The molecule has 200 valence electrons. The molecule has 33 heavy (non-hydrogen) atoms. The molecule has 0 saturated heterocycles. The average molecular weight is 485 g/mol. The first-order valence-electron chi connectivity index (χ1n) is 15.9. The van der Waals surface area contributed by atoms with Crippen molar-refractivity contribution in [2.24, 2.45) is 5.92 Å². The van der Waals surface area contributed by atoms with Crippen LogP contribution < -0.4 is 0 Å². The second-order valence-electron chi connectivity index (χ2n) is 11.2. The van der Waals surface area contributed by atoms with Gasteiger partial charge in [0.05, 0.1) is 0 Å². The van der Waals surface area contributed by atoms with E-state index >= 15 is 0 Å². The molecule has 0 aliphatic carbocycles. The highest BCUT2D eigenvalue weighted by Crippen LogP contribution is 2.19. The molecule has 0 spiro atoms. The molecule has 0 aromatic carbocycles. The standard InChI is InChI=1S/C32H65Cl/c1-3-4-5-6-7-8-9-10-11-14-17-20-23-26-29-32(2)30-27-24-21-18-15-12-13-16-19-22-25-28-31-33/h32H,3-31H2,1-2H3. The number of unbranched alkanes of at least 4 members (excludes halogenated alkanes) is 24. The van der Waals surface area contributed by atoms with E-state index in [1.54, 1.807) is 0 Å². The van der Waals surface area contributed by atoms with Crippen LogP contribution in [0.2, 0.25) is 0 Å². The second kappa shape index (κ2) is 30.3. The van der Waals surface area contributed by atoms with E-state index in [1.807, 2.05) is 0 Å². The van der Waals surface area contributed by atoms with Gasteiger partial charge in [0.25, 0.3) is 0 Å². The van der Waals surface area contributed by atoms with Crippen LogP contribution in [0.3, 0.4) is 0 Å². The molecule has 0 aromatic rings. The molecular formula is C32H65Cl. The molecule has 0 fully saturated rings. The summed E-state index contributed by atoms with van der Waals surface area (Å²) in [7, 11) is 0. The topological polar surface area (TPSA) is 0 Å². The van der Waals surface area contributed by atoms with Gasteiger partial charge in [0.2, 0.25) is 0 Å². The van der Waals surface area contributed by atoms with E-state index in [9.17, 15) is 0 Å². The second-order valence-corrected chi connectivity index (χ2v) is 11.6. The Balaban J connectivity index is 3.13. The van der Waals surface area contributed by atoms with Crippen LogP contribution in [0.5, 0.6) is 0 Å². The highest BCUT2D eigenvalue weighted by atomic mass is 35.5. The van der Waals surface area contributed by atoms with E-state index in [4.69, 9.17) is 11.6 Å². The first kappa shape index (κ1) is 33.3. The first-order chi connectivity index (χ1) is 16.3. The fourth-order valence-corrected chi connectivity index (χ4v) is 5.38. The van der Waals surface area contributed by atoms with Gasteiger partial charge in [-0.15, -0.1) is 11.6 Å². The minimum Gasteiger partial charge on any atom is -0.127 e. The fraction of sp³-hybridized carbons (Fsp3) is 1.00. The van der Waals surface area contributed by atoms with Crippen molar-refractivity contribution in [1.82, 2.24) is 0 Å². The van der Waals surface area contributed by atoms with Gasteiger partial charge in [-0.05, 0) is 12.3 Å². The van der Waals surface area contributed by atoms with Crippen molar-refractivity contribution in [2.45, 2.75) is 194 Å². The smallest absolute Gasteiger partial charge is 0.0223 e. The third kappa shape index (κ3) is 30.3. The summed E-state index contributed by atoms with van der Waals surface area (Å²) in [5, 5.41) is 0. The molecule has 0 bridgehead atoms. The maximum atomic E-state index is 5.72. The van der Waals surface area contributed by atoms with Gasteiger partial charge in [-0.2, -0.15) is 0 Å². The third-order valence-electron chi connectivity index (χ3n) is 7.63. The van der Waals surface area contributed by atoms with Gasteiger partial charge in [-0.3, -0.25) is 0 Å². The van der Waals surface area contributed by atoms with E-state index < -0.39 is 0 Å². The van der Waals surface area contributed by atoms with E-state index in [-0.39, 0.29) is 0 Å². The van der Waals surface area contributed by atoms with Gasteiger partial charge < -0.3 is 0 Å². The van der Waals surface area contributed by atoms with E-state index in [2.05, 4.69) is 13.8 Å². The molecule has 1 atom stereocenters. The normalized spacial score (nSPS) is 12.5. The highest BCUT2D eigenvalue weighted by Gasteiger charge is 2.02. The lowest BCUT2D eigenvalue weighted by Gasteiger charge is -2.11. The average Bonchev–Trinajstić information content (AvgIpc) is 2.82. The van der Waals surface area contributed by atoms with Crippen LogP contribution in [0.1, 0.15) is 194 Å². The molecule has 0 radical (unpaired) electrons. The van der Waals surface area contributed by atoms with Crippen LogP contribution in [0, 0.1) is 5.92 Å². The lowest BCUT2D eigenvalue weighted by atomic mass is 9.95. The van der Waals surface area contributed by atoms with Crippen molar-refractivity contribution >= 4 is 11.6 Å². The predicted molar refractivity (Wildman–Crippen MR) is 155 cm³/mol. The Hall–Kier alpha value is 0.290. The van der Waals surface area contributed by atoms with Gasteiger partial charge in [0.15, 0.2) is 0 Å². The number of alkyl halides is 1. The van der Waals surface area contributed by atoms with Gasteiger partial charge in [0, 0.05) is 5.88 Å². The van der Waals surface area contributed by atoms with Crippen LogP contribution in [0.15, 0.2) is 0 Å². The third-order valence-corrected chi connectivity index (χ3v) is 7.90. The van der Waals surface area contributed by atoms with Crippen LogP contribution in [-0.4, -0.2) is 5.88 Å². The van der Waals surface area contributed by atoms with Crippen molar-refractivity contribution in [3.63, 3.8) is 0 Å². The fourth-order valence-electron chi connectivity index (χ4n) is 5.19. The summed E-state index contributed by atoms with van der Waals surface area (Å²) < 4.78 is 0. The zero-order valence-corrected chi connectivity index (χ0v) is 24.2. The largest absolute Gasteiger partial charge is 0.127 e. The van der Waals surface area contributed by atoms with Gasteiger partial charge in [0.1, 0.15) is 0 Å². The van der Waals surface area contributed by atoms with E-state index in [1.165, 1.54) is 180 Å². The molecule has 0 aliphatic heterocycles. The predicted octanol–water partition coefficient (Wildman–Crippen LogP) is 12.8. The summed E-state index contributed by atoms with van der Waals surface area (Å²) in [4.78, 5) is 0. The van der Waals surface area contributed by atoms with Crippen LogP contribution in [0.25, 0.3) is 0 Å². The summed E-state index contributed by atoms with van der Waals surface area (Å²) in [5.41, 5.74) is 0. The molecule has 0 aromatic heterocycles. The Morgan fingerprint density at radius 3 is 0.879 bits per heavy atom. The van der Waals surface area contributed by atoms with Crippen molar-refractivity contribution < 1.29 is 0 Å². The van der Waals surface area contributed by atoms with E-state index in [0.717, 1.165) is 11.8 Å². The molecule has 0 N–H and O–H groups in total. The van der Waals surface area contributed by atoms with Gasteiger partial charge in [-0.1, -0.05) is 187 Å². The Labute approximate surface area is 216 Å². The van der Waals surface area contributed by atoms with Crippen molar-refractivity contribution in [2.75, 3.05) is 5.88 Å². The number of hydrogen-bond donors (Lipinski definition) is 0. The lowest BCUT2D eigenvalue weighted by Crippen LogP contribution is -1.95. The van der Waals surface area contributed by atoms with Gasteiger partial charge >= 0.3 is 0 Å². The van der Waals surface area contributed by atoms with Crippen molar-refractivity contribution in [3.8, 4) is 0 Å². The Bertz CT molecular complexity index is 326. The quantitative estimate of drug-likeness (QED) is 0.0730. The number of rotatable bonds is 29. The maximum absolute atomic E-state index is 5.72. The first-order valence-corrected chi connectivity index (χ1v) is 16.4. The molecule has 0 amide bonds. The molecule has 0 saturated carbocycles. The molecule has 0 nitrogen and oxygen atoms in total. The summed E-state index contributed by atoms with van der Waals surface area (Å²) in [5.74, 6) is 1.80. The Kier molecular flexibility index (Phi) is 30.6. The Morgan fingerprint density at radius 2 is 0.606 bits per heavy atom. The van der Waals surface area contributed by atoms with Crippen LogP contribution in [-0.2, 0) is 0 Å². The summed E-state index contributed by atoms with van der Waals surface area (Å²) in [6, 6.07) is 0. The summed E-state index contributed by atoms with van der Waals surface area (Å²) >= 11 is 5.72. The molecule has 0 aliphatic rings. The molecule has 0 rings (SSSR count). The summed E-state index contributed by atoms with van der Waals surface area (Å²) in [6.45, 7) is 4.80. The molecule has 1 unspecified atom stereocenters. The Morgan fingerprint density at radius 1 is 0.364 bits per heavy atom. The minimum absolute atomic E-state index is 0.845. The van der Waals surface area contributed by atoms with Crippen molar-refractivity contribution in [1.29, 1.82) is 0 Å². The minimum atomic E-state index is 0.845. The monoisotopic (exact) mass is 484 g/mol. The van der Waals surface area contributed by atoms with Crippen molar-refractivity contribution in [3.05, 3.63) is 0 Å². The molecule has 1 heteroatoms.